The Balaban J connectivity index is 1.96. The number of rotatable bonds is 7. The van der Waals surface area contributed by atoms with E-state index in [1.165, 1.54) is 29.8 Å². The molecule has 3 rings (SSSR count). The SMILES string of the molecule is CC[C@H](C)NC(=O)c1cc2cc(N(C)S(=O)(=O)c3cc(C)ccc3OC)ccc2s1. The lowest BCUT2D eigenvalue weighted by Gasteiger charge is -2.21. The van der Waals surface area contributed by atoms with Crippen molar-refractivity contribution in [3.8, 4) is 5.75 Å². The Bertz CT molecular complexity index is 1190. The maximum absolute atomic E-state index is 13.3. The van der Waals surface area contributed by atoms with Crippen molar-refractivity contribution in [1.82, 2.24) is 5.32 Å². The molecule has 0 fully saturated rings. The molecular weight excluding hydrogens is 420 g/mol. The highest BCUT2D eigenvalue weighted by Crippen LogP contribution is 2.33. The molecule has 3 aromatic rings. The highest BCUT2D eigenvalue weighted by molar-refractivity contribution is 7.93. The number of hydrogen-bond acceptors (Lipinski definition) is 5. The van der Waals surface area contributed by atoms with E-state index in [0.29, 0.717) is 16.3 Å². The molecule has 8 heteroatoms. The van der Waals surface area contributed by atoms with Crippen LogP contribution in [0, 0.1) is 6.92 Å². The van der Waals surface area contributed by atoms with Crippen molar-refractivity contribution >= 4 is 43.0 Å². The van der Waals surface area contributed by atoms with Gasteiger partial charge in [-0.1, -0.05) is 13.0 Å². The first-order valence-corrected chi connectivity index (χ1v) is 11.9. The average Bonchev–Trinajstić information content (AvgIpc) is 3.16. The average molecular weight is 447 g/mol. The standard InChI is InChI=1S/C22H26N2O4S2/c1-6-15(3)23-22(25)20-13-16-12-17(8-10-19(16)29-20)24(4)30(26,27)21-11-14(2)7-9-18(21)28-5/h7-13,15H,6H2,1-5H3,(H,23,25)/t15-/m0/s1. The molecule has 1 N–H and O–H groups in total. The lowest BCUT2D eigenvalue weighted by atomic mass is 10.2. The monoisotopic (exact) mass is 446 g/mol. The van der Waals surface area contributed by atoms with E-state index in [2.05, 4.69) is 5.32 Å². The van der Waals surface area contributed by atoms with Crippen LogP contribution in [-0.4, -0.2) is 34.5 Å². The summed E-state index contributed by atoms with van der Waals surface area (Å²) in [5.74, 6) is 0.186. The summed E-state index contributed by atoms with van der Waals surface area (Å²) in [6.07, 6.45) is 0.853. The van der Waals surface area contributed by atoms with Gasteiger partial charge in [0.05, 0.1) is 17.7 Å². The third-order valence-electron chi connectivity index (χ3n) is 5.03. The van der Waals surface area contributed by atoms with Gasteiger partial charge in [0.15, 0.2) is 0 Å². The van der Waals surface area contributed by atoms with E-state index in [0.717, 1.165) is 22.1 Å². The zero-order chi connectivity index (χ0) is 22.1. The molecular formula is C22H26N2O4S2. The summed E-state index contributed by atoms with van der Waals surface area (Å²) >= 11 is 1.39. The van der Waals surface area contributed by atoms with Crippen LogP contribution in [0.3, 0.4) is 0 Å². The Labute approximate surface area is 181 Å². The van der Waals surface area contributed by atoms with Crippen LogP contribution in [0.1, 0.15) is 35.5 Å². The molecule has 0 saturated carbocycles. The van der Waals surface area contributed by atoms with Crippen molar-refractivity contribution in [2.75, 3.05) is 18.5 Å². The fourth-order valence-electron chi connectivity index (χ4n) is 3.01. The van der Waals surface area contributed by atoms with Gasteiger partial charge in [-0.25, -0.2) is 8.42 Å². The number of methoxy groups -OCH3 is 1. The highest BCUT2D eigenvalue weighted by Gasteiger charge is 2.26. The van der Waals surface area contributed by atoms with Crippen LogP contribution in [0.2, 0.25) is 0 Å². The number of anilines is 1. The van der Waals surface area contributed by atoms with Gasteiger partial charge in [0.25, 0.3) is 15.9 Å². The summed E-state index contributed by atoms with van der Waals surface area (Å²) in [5.41, 5.74) is 1.34. The quantitative estimate of drug-likeness (QED) is 0.577. The van der Waals surface area contributed by atoms with E-state index in [1.54, 1.807) is 36.4 Å². The lowest BCUT2D eigenvalue weighted by molar-refractivity contribution is 0.0943. The normalized spacial score (nSPS) is 12.6. The summed E-state index contributed by atoms with van der Waals surface area (Å²) in [5, 5.41) is 3.78. The second kappa shape index (κ2) is 8.65. The second-order valence-electron chi connectivity index (χ2n) is 7.24. The Morgan fingerprint density at radius 2 is 1.93 bits per heavy atom. The third kappa shape index (κ3) is 4.29. The minimum absolute atomic E-state index is 0.0962. The number of benzene rings is 2. The van der Waals surface area contributed by atoms with E-state index < -0.39 is 10.0 Å². The summed E-state index contributed by atoms with van der Waals surface area (Å²) in [6.45, 7) is 5.81. The first-order valence-electron chi connectivity index (χ1n) is 9.65. The van der Waals surface area contributed by atoms with E-state index >= 15 is 0 Å². The fraction of sp³-hybridized carbons (Fsp3) is 0.318. The molecule has 0 saturated heterocycles. The van der Waals surface area contributed by atoms with E-state index in [-0.39, 0.29) is 16.8 Å². The van der Waals surface area contributed by atoms with E-state index in [4.69, 9.17) is 4.74 Å². The molecule has 2 aromatic carbocycles. The molecule has 0 aliphatic carbocycles. The van der Waals surface area contributed by atoms with E-state index in [9.17, 15) is 13.2 Å². The van der Waals surface area contributed by atoms with Gasteiger partial charge in [-0.05, 0) is 67.6 Å². The topological polar surface area (TPSA) is 75.7 Å². The number of amides is 1. The maximum Gasteiger partial charge on any atom is 0.267 e. The number of carbonyl (C=O) groups excluding carboxylic acids is 1. The third-order valence-corrected chi connectivity index (χ3v) is 7.96. The summed E-state index contributed by atoms with van der Waals surface area (Å²) in [6, 6.07) is 12.3. The molecule has 0 radical (unpaired) electrons. The van der Waals surface area contributed by atoms with Crippen LogP contribution < -0.4 is 14.4 Å². The van der Waals surface area contributed by atoms with Crippen LogP contribution in [0.25, 0.3) is 10.1 Å². The molecule has 160 valence electrons. The number of nitrogens with zero attached hydrogens (tertiary/aromatic N) is 1. The molecule has 1 aromatic heterocycles. The molecule has 1 atom stereocenters. The Hall–Kier alpha value is -2.58. The van der Waals surface area contributed by atoms with Crippen molar-refractivity contribution < 1.29 is 17.9 Å². The van der Waals surface area contributed by atoms with Crippen LogP contribution in [-0.2, 0) is 10.0 Å². The van der Waals surface area contributed by atoms with Crippen molar-refractivity contribution in [2.24, 2.45) is 0 Å². The molecule has 30 heavy (non-hydrogen) atoms. The number of hydrogen-bond donors (Lipinski definition) is 1. The molecule has 0 aliphatic rings. The van der Waals surface area contributed by atoms with Crippen LogP contribution in [0.4, 0.5) is 5.69 Å². The molecule has 0 spiro atoms. The van der Waals surface area contributed by atoms with Gasteiger partial charge >= 0.3 is 0 Å². The smallest absolute Gasteiger partial charge is 0.267 e. The predicted octanol–water partition coefficient (Wildman–Crippen LogP) is 4.57. The Morgan fingerprint density at radius 3 is 2.60 bits per heavy atom. The first kappa shape index (κ1) is 22.1. The minimum Gasteiger partial charge on any atom is -0.495 e. The second-order valence-corrected chi connectivity index (χ2v) is 10.3. The number of nitrogens with one attached hydrogen (secondary N) is 1. The lowest BCUT2D eigenvalue weighted by Crippen LogP contribution is -2.31. The predicted molar refractivity (Wildman–Crippen MR) is 122 cm³/mol. The highest BCUT2D eigenvalue weighted by atomic mass is 32.2. The number of carbonyl (C=O) groups is 1. The van der Waals surface area contributed by atoms with Crippen LogP contribution >= 0.6 is 11.3 Å². The van der Waals surface area contributed by atoms with Crippen molar-refractivity contribution in [3.05, 3.63) is 52.9 Å². The number of aryl methyl sites for hydroxylation is 1. The van der Waals surface area contributed by atoms with Crippen LogP contribution in [0.15, 0.2) is 47.4 Å². The zero-order valence-corrected chi connectivity index (χ0v) is 19.4. The van der Waals surface area contributed by atoms with Gasteiger partial charge in [0.1, 0.15) is 10.6 Å². The summed E-state index contributed by atoms with van der Waals surface area (Å²) in [4.78, 5) is 13.2. The maximum atomic E-state index is 13.3. The molecule has 0 unspecified atom stereocenters. The molecule has 0 bridgehead atoms. The van der Waals surface area contributed by atoms with Gasteiger partial charge in [-0.3, -0.25) is 9.10 Å². The van der Waals surface area contributed by atoms with Gasteiger partial charge in [-0.2, -0.15) is 0 Å². The van der Waals surface area contributed by atoms with Crippen molar-refractivity contribution in [1.29, 1.82) is 0 Å². The van der Waals surface area contributed by atoms with Crippen LogP contribution in [0.5, 0.6) is 5.75 Å². The fourth-order valence-corrected chi connectivity index (χ4v) is 5.38. The van der Waals surface area contributed by atoms with Gasteiger partial charge in [0.2, 0.25) is 0 Å². The number of ether oxygens (including phenoxy) is 1. The molecule has 1 heterocycles. The molecule has 6 nitrogen and oxygen atoms in total. The van der Waals surface area contributed by atoms with Gasteiger partial charge < -0.3 is 10.1 Å². The zero-order valence-electron chi connectivity index (χ0n) is 17.7. The number of thiophene rings is 1. The van der Waals surface area contributed by atoms with Crippen molar-refractivity contribution in [3.63, 3.8) is 0 Å². The number of sulfonamides is 1. The number of fused-ring (bicyclic) bond motifs is 1. The van der Waals surface area contributed by atoms with Gasteiger partial charge in [0, 0.05) is 17.8 Å². The van der Waals surface area contributed by atoms with Crippen molar-refractivity contribution in [2.45, 2.75) is 38.1 Å². The van der Waals surface area contributed by atoms with Gasteiger partial charge in [-0.15, -0.1) is 11.3 Å². The van der Waals surface area contributed by atoms with E-state index in [1.807, 2.05) is 26.8 Å². The Kier molecular flexibility index (Phi) is 6.38. The summed E-state index contributed by atoms with van der Waals surface area (Å²) in [7, 11) is -0.856. The Morgan fingerprint density at radius 1 is 1.20 bits per heavy atom. The minimum atomic E-state index is -3.82. The molecule has 0 aliphatic heterocycles. The molecule has 1 amide bonds. The largest absolute Gasteiger partial charge is 0.495 e. The summed E-state index contributed by atoms with van der Waals surface area (Å²) < 4.78 is 33.9. The first-order chi connectivity index (χ1) is 14.2.